The summed E-state index contributed by atoms with van der Waals surface area (Å²) in [4.78, 5) is 13.5. The molecule has 0 aliphatic rings. The Hall–Kier alpha value is -1.27. The average molecular weight is 406 g/mol. The van der Waals surface area contributed by atoms with Crippen LogP contribution in [-0.4, -0.2) is 26.8 Å². The van der Waals surface area contributed by atoms with Gasteiger partial charge in [0.25, 0.3) is 0 Å². The van der Waals surface area contributed by atoms with Gasteiger partial charge in [-0.25, -0.2) is 4.79 Å². The lowest BCUT2D eigenvalue weighted by Gasteiger charge is -2.12. The molecular formula is C14H14Br2O4. The van der Waals surface area contributed by atoms with Gasteiger partial charge in [0.2, 0.25) is 0 Å². The van der Waals surface area contributed by atoms with E-state index in [4.69, 9.17) is 14.2 Å². The van der Waals surface area contributed by atoms with Gasteiger partial charge in [-0.1, -0.05) is 50.1 Å². The van der Waals surface area contributed by atoms with Crippen molar-refractivity contribution in [2.24, 2.45) is 0 Å². The fourth-order valence-electron chi connectivity index (χ4n) is 1.44. The molecule has 0 aliphatic carbocycles. The number of methoxy groups -OCH3 is 2. The van der Waals surface area contributed by atoms with E-state index in [1.54, 1.807) is 17.1 Å². The Morgan fingerprint density at radius 2 is 2.00 bits per heavy atom. The van der Waals surface area contributed by atoms with Crippen molar-refractivity contribution in [1.82, 2.24) is 0 Å². The number of hydrogen-bond donors (Lipinski definition) is 0. The summed E-state index contributed by atoms with van der Waals surface area (Å²) in [6.07, 6.45) is 1.34. The molecule has 6 heteroatoms. The summed E-state index contributed by atoms with van der Waals surface area (Å²) in [5, 5.41) is 0. The maximum Gasteiger partial charge on any atom is 0.341 e. The van der Waals surface area contributed by atoms with E-state index in [9.17, 15) is 4.79 Å². The summed E-state index contributed by atoms with van der Waals surface area (Å²) in [5.41, 5.74) is 0.903. The van der Waals surface area contributed by atoms with Gasteiger partial charge < -0.3 is 14.2 Å². The SMILES string of the molecule is CO/C=C(/C(=O)OC)c1ccccc1OCC(Br)=CBr. The average Bonchev–Trinajstić information content (AvgIpc) is 2.49. The maximum atomic E-state index is 11.8. The number of para-hydroxylation sites is 1. The number of halogens is 2. The lowest BCUT2D eigenvalue weighted by atomic mass is 10.1. The number of carbonyl (C=O) groups excluding carboxylic acids is 1. The third kappa shape index (κ3) is 4.68. The van der Waals surface area contributed by atoms with E-state index in [2.05, 4.69) is 31.9 Å². The third-order valence-electron chi connectivity index (χ3n) is 2.30. The topological polar surface area (TPSA) is 44.8 Å². The normalized spacial score (nSPS) is 12.0. The van der Waals surface area contributed by atoms with Crippen LogP contribution in [0, 0.1) is 0 Å². The van der Waals surface area contributed by atoms with Crippen LogP contribution >= 0.6 is 31.9 Å². The Balaban J connectivity index is 3.10. The van der Waals surface area contributed by atoms with E-state index >= 15 is 0 Å². The molecule has 0 aromatic heterocycles. The monoisotopic (exact) mass is 404 g/mol. The molecule has 0 N–H and O–H groups in total. The largest absolute Gasteiger partial charge is 0.503 e. The Morgan fingerprint density at radius 3 is 2.60 bits per heavy atom. The second-order valence-electron chi connectivity index (χ2n) is 3.60. The molecule has 1 aromatic rings. The fourth-order valence-corrected chi connectivity index (χ4v) is 1.69. The van der Waals surface area contributed by atoms with Gasteiger partial charge in [-0.3, -0.25) is 0 Å². The second-order valence-corrected chi connectivity index (χ2v) is 5.08. The zero-order chi connectivity index (χ0) is 15.0. The molecule has 0 bridgehead atoms. The van der Waals surface area contributed by atoms with Crippen molar-refractivity contribution in [2.45, 2.75) is 0 Å². The van der Waals surface area contributed by atoms with Gasteiger partial charge in [-0.15, -0.1) is 0 Å². The molecule has 0 radical (unpaired) electrons. The minimum atomic E-state index is -0.488. The molecule has 0 atom stereocenters. The summed E-state index contributed by atoms with van der Waals surface area (Å²) in [6, 6.07) is 7.18. The summed E-state index contributed by atoms with van der Waals surface area (Å²) in [6.45, 7) is 0.337. The van der Waals surface area contributed by atoms with Crippen LogP contribution in [-0.2, 0) is 14.3 Å². The highest BCUT2D eigenvalue weighted by Gasteiger charge is 2.17. The van der Waals surface area contributed by atoms with Crippen LogP contribution in [0.2, 0.25) is 0 Å². The fraction of sp³-hybridized carbons (Fsp3) is 0.214. The molecular weight excluding hydrogens is 392 g/mol. The first kappa shape index (κ1) is 16.8. The molecule has 0 saturated heterocycles. The highest BCUT2D eigenvalue weighted by Crippen LogP contribution is 2.27. The molecule has 1 aromatic carbocycles. The van der Waals surface area contributed by atoms with Crippen LogP contribution < -0.4 is 4.74 Å². The third-order valence-corrected chi connectivity index (χ3v) is 3.93. The van der Waals surface area contributed by atoms with Crippen molar-refractivity contribution in [3.63, 3.8) is 0 Å². The number of hydrogen-bond acceptors (Lipinski definition) is 4. The molecule has 1 rings (SSSR count). The molecule has 108 valence electrons. The van der Waals surface area contributed by atoms with Gasteiger partial charge in [0.15, 0.2) is 0 Å². The summed E-state index contributed by atoms with van der Waals surface area (Å²) >= 11 is 6.53. The van der Waals surface area contributed by atoms with Crippen molar-refractivity contribution in [3.8, 4) is 5.75 Å². The van der Waals surface area contributed by atoms with E-state index in [0.29, 0.717) is 23.5 Å². The zero-order valence-corrected chi connectivity index (χ0v) is 14.2. The standard InChI is InChI=1S/C14H14Br2O4/c1-18-9-12(14(17)19-2)11-5-3-4-6-13(11)20-8-10(16)7-15/h3-7,9H,8H2,1-2H3/b10-7?,12-9+. The highest BCUT2D eigenvalue weighted by molar-refractivity contribution is 9.14. The zero-order valence-electron chi connectivity index (χ0n) is 11.1. The molecule has 0 amide bonds. The van der Waals surface area contributed by atoms with Crippen molar-refractivity contribution in [3.05, 3.63) is 45.6 Å². The van der Waals surface area contributed by atoms with Crippen LogP contribution in [0.3, 0.4) is 0 Å². The predicted molar refractivity (Wildman–Crippen MR) is 84.9 cm³/mol. The summed E-state index contributed by atoms with van der Waals surface area (Å²) in [5.74, 6) is 0.0745. The number of rotatable bonds is 6. The number of carbonyl (C=O) groups is 1. The first-order valence-corrected chi connectivity index (χ1v) is 7.33. The van der Waals surface area contributed by atoms with E-state index in [0.717, 1.165) is 4.48 Å². The van der Waals surface area contributed by atoms with Gasteiger partial charge in [-0.2, -0.15) is 0 Å². The van der Waals surface area contributed by atoms with Gasteiger partial charge in [-0.05, 0) is 11.1 Å². The van der Waals surface area contributed by atoms with Crippen LogP contribution in [0.4, 0.5) is 0 Å². The minimum Gasteiger partial charge on any atom is -0.503 e. The molecule has 0 unspecified atom stereocenters. The van der Waals surface area contributed by atoms with E-state index in [1.165, 1.54) is 20.5 Å². The molecule has 0 spiro atoms. The summed E-state index contributed by atoms with van der Waals surface area (Å²) < 4.78 is 16.2. The van der Waals surface area contributed by atoms with Crippen LogP contribution in [0.5, 0.6) is 5.75 Å². The predicted octanol–water partition coefficient (Wildman–Crippen LogP) is 3.86. The van der Waals surface area contributed by atoms with Crippen molar-refractivity contribution < 1.29 is 19.0 Å². The molecule has 0 aliphatic heterocycles. The number of benzene rings is 1. The second kappa shape index (κ2) is 8.81. The minimum absolute atomic E-state index is 0.296. The maximum absolute atomic E-state index is 11.8. The lowest BCUT2D eigenvalue weighted by molar-refractivity contribution is -0.133. The van der Waals surface area contributed by atoms with Crippen LogP contribution in [0.25, 0.3) is 5.57 Å². The highest BCUT2D eigenvalue weighted by atomic mass is 79.9. The first-order chi connectivity index (χ1) is 9.63. The van der Waals surface area contributed by atoms with Crippen molar-refractivity contribution in [1.29, 1.82) is 0 Å². The van der Waals surface area contributed by atoms with Gasteiger partial charge in [0, 0.05) is 10.0 Å². The Kier molecular flexibility index (Phi) is 7.40. The van der Waals surface area contributed by atoms with E-state index in [-0.39, 0.29) is 0 Å². The quantitative estimate of drug-likeness (QED) is 0.409. The Morgan fingerprint density at radius 1 is 1.30 bits per heavy atom. The molecule has 20 heavy (non-hydrogen) atoms. The molecule has 0 heterocycles. The number of ether oxygens (including phenoxy) is 3. The van der Waals surface area contributed by atoms with Crippen molar-refractivity contribution in [2.75, 3.05) is 20.8 Å². The van der Waals surface area contributed by atoms with Crippen LogP contribution in [0.15, 0.2) is 40.0 Å². The Labute approximate surface area is 134 Å². The van der Waals surface area contributed by atoms with Gasteiger partial charge in [0.1, 0.15) is 17.9 Å². The van der Waals surface area contributed by atoms with E-state index in [1.807, 2.05) is 12.1 Å². The number of esters is 1. The van der Waals surface area contributed by atoms with Gasteiger partial charge >= 0.3 is 5.97 Å². The Bertz CT molecular complexity index is 524. The van der Waals surface area contributed by atoms with Gasteiger partial charge in [0.05, 0.1) is 20.5 Å². The lowest BCUT2D eigenvalue weighted by Crippen LogP contribution is -2.07. The van der Waals surface area contributed by atoms with Crippen molar-refractivity contribution >= 4 is 43.4 Å². The van der Waals surface area contributed by atoms with Crippen LogP contribution in [0.1, 0.15) is 5.56 Å². The molecule has 4 nitrogen and oxygen atoms in total. The molecule has 0 saturated carbocycles. The summed E-state index contributed by atoms with van der Waals surface area (Å²) in [7, 11) is 2.79. The smallest absolute Gasteiger partial charge is 0.341 e. The molecule has 0 fully saturated rings. The van der Waals surface area contributed by atoms with E-state index < -0.39 is 5.97 Å². The first-order valence-electron chi connectivity index (χ1n) is 5.62.